The summed E-state index contributed by atoms with van der Waals surface area (Å²) in [5, 5.41) is 0.775. The fourth-order valence-corrected chi connectivity index (χ4v) is 3.12. The third kappa shape index (κ3) is 3.71. The lowest BCUT2D eigenvalue weighted by Crippen LogP contribution is -2.10. The molecule has 0 aliphatic heterocycles. The van der Waals surface area contributed by atoms with E-state index < -0.39 is 0 Å². The van der Waals surface area contributed by atoms with Crippen LogP contribution in [0.5, 0.6) is 0 Å². The number of hydrogen-bond donors (Lipinski definition) is 1. The van der Waals surface area contributed by atoms with Crippen LogP contribution in [0.2, 0.25) is 0 Å². The molecule has 2 aromatic rings. The van der Waals surface area contributed by atoms with Crippen molar-refractivity contribution in [2.75, 3.05) is 0 Å². The lowest BCUT2D eigenvalue weighted by Gasteiger charge is -2.14. The highest BCUT2D eigenvalue weighted by Gasteiger charge is 2.15. The van der Waals surface area contributed by atoms with Gasteiger partial charge in [0, 0.05) is 17.8 Å². The van der Waals surface area contributed by atoms with Crippen LogP contribution in [0.15, 0.2) is 41.6 Å². The molecule has 0 fully saturated rings. The van der Waals surface area contributed by atoms with Gasteiger partial charge in [-0.3, -0.25) is 4.79 Å². The van der Waals surface area contributed by atoms with Crippen molar-refractivity contribution in [2.24, 2.45) is 5.73 Å². The quantitative estimate of drug-likeness (QED) is 0.870. The molecule has 1 unspecified atom stereocenters. The van der Waals surface area contributed by atoms with Gasteiger partial charge in [0.1, 0.15) is 5.03 Å². The molecule has 1 aromatic heterocycles. The molecule has 1 aromatic carbocycles. The molecule has 3 nitrogen and oxygen atoms in total. The van der Waals surface area contributed by atoms with Crippen LogP contribution in [0.3, 0.4) is 0 Å². The van der Waals surface area contributed by atoms with Crippen molar-refractivity contribution >= 4 is 16.9 Å². The number of nitrogens with zero attached hydrogens (tertiary/aromatic N) is 1. The highest BCUT2D eigenvalue weighted by Crippen LogP contribution is 2.29. The summed E-state index contributed by atoms with van der Waals surface area (Å²) in [4.78, 5) is 16.7. The molecule has 21 heavy (non-hydrogen) atoms. The summed E-state index contributed by atoms with van der Waals surface area (Å²) < 4.78 is 0. The van der Waals surface area contributed by atoms with Gasteiger partial charge in [0.15, 0.2) is 0 Å². The first kappa shape index (κ1) is 15.7. The van der Waals surface area contributed by atoms with Crippen molar-refractivity contribution in [2.45, 2.75) is 38.3 Å². The van der Waals surface area contributed by atoms with E-state index in [4.69, 9.17) is 5.73 Å². The Morgan fingerprint density at radius 1 is 1.29 bits per heavy atom. The second-order valence-electron chi connectivity index (χ2n) is 5.08. The first-order valence-corrected chi connectivity index (χ1v) is 7.86. The van der Waals surface area contributed by atoms with E-state index in [2.05, 4.69) is 11.9 Å². The maximum atomic E-state index is 12.4. The van der Waals surface area contributed by atoms with Crippen molar-refractivity contribution in [3.63, 3.8) is 0 Å². The van der Waals surface area contributed by atoms with Crippen LogP contribution in [0, 0.1) is 6.92 Å². The standard InChI is InChI=1S/C17H20N2OS/c1-4-14-15(12(3)18)9-10-19-16(14)21-17(20)13-7-5-11(2)6-8-13/h5-10,12H,4,18H2,1-3H3. The largest absolute Gasteiger partial charge is 0.324 e. The summed E-state index contributed by atoms with van der Waals surface area (Å²) >= 11 is 1.18. The van der Waals surface area contributed by atoms with E-state index in [1.807, 2.05) is 44.2 Å². The van der Waals surface area contributed by atoms with Gasteiger partial charge in [-0.2, -0.15) is 0 Å². The van der Waals surface area contributed by atoms with Gasteiger partial charge in [0.05, 0.1) is 0 Å². The number of benzene rings is 1. The van der Waals surface area contributed by atoms with Crippen molar-refractivity contribution in [1.82, 2.24) is 4.98 Å². The Morgan fingerprint density at radius 2 is 1.95 bits per heavy atom. The Kier molecular flexibility index (Phi) is 5.15. The van der Waals surface area contributed by atoms with Crippen molar-refractivity contribution in [1.29, 1.82) is 0 Å². The third-order valence-electron chi connectivity index (χ3n) is 3.37. The monoisotopic (exact) mass is 300 g/mol. The smallest absolute Gasteiger partial charge is 0.225 e. The molecule has 2 rings (SSSR count). The van der Waals surface area contributed by atoms with E-state index in [-0.39, 0.29) is 11.2 Å². The van der Waals surface area contributed by atoms with E-state index in [0.29, 0.717) is 5.56 Å². The zero-order chi connectivity index (χ0) is 15.4. The molecule has 0 aliphatic rings. The summed E-state index contributed by atoms with van der Waals surface area (Å²) in [6.07, 6.45) is 2.54. The predicted molar refractivity (Wildman–Crippen MR) is 87.6 cm³/mol. The minimum absolute atomic E-state index is 0.0130. The van der Waals surface area contributed by atoms with E-state index in [9.17, 15) is 4.79 Å². The van der Waals surface area contributed by atoms with Crippen molar-refractivity contribution in [3.05, 3.63) is 58.8 Å². The zero-order valence-electron chi connectivity index (χ0n) is 12.6. The van der Waals surface area contributed by atoms with Gasteiger partial charge in [0.25, 0.3) is 0 Å². The molecule has 0 radical (unpaired) electrons. The Hall–Kier alpha value is -1.65. The van der Waals surface area contributed by atoms with Crippen LogP contribution in [-0.4, -0.2) is 10.1 Å². The molecule has 0 spiro atoms. The lowest BCUT2D eigenvalue weighted by atomic mass is 10.0. The Labute approximate surface area is 130 Å². The molecule has 1 atom stereocenters. The first-order valence-electron chi connectivity index (χ1n) is 7.05. The molecule has 110 valence electrons. The van der Waals surface area contributed by atoms with Crippen LogP contribution < -0.4 is 5.73 Å². The Morgan fingerprint density at radius 3 is 2.52 bits per heavy atom. The number of pyridine rings is 1. The minimum atomic E-state index is -0.0585. The second-order valence-corrected chi connectivity index (χ2v) is 6.04. The molecule has 0 aliphatic carbocycles. The van der Waals surface area contributed by atoms with Crippen molar-refractivity contribution in [3.8, 4) is 0 Å². The number of nitrogens with two attached hydrogens (primary N) is 1. The average Bonchev–Trinajstić information content (AvgIpc) is 2.47. The normalized spacial score (nSPS) is 12.2. The molecule has 4 heteroatoms. The predicted octanol–water partition coefficient (Wildman–Crippen LogP) is 3.90. The molecule has 1 heterocycles. The number of aryl methyl sites for hydroxylation is 1. The topological polar surface area (TPSA) is 56.0 Å². The fourth-order valence-electron chi connectivity index (χ4n) is 2.19. The number of carbonyl (C=O) groups is 1. The van der Waals surface area contributed by atoms with Gasteiger partial charge >= 0.3 is 0 Å². The summed E-state index contributed by atoms with van der Waals surface area (Å²) in [6.45, 7) is 6.01. The van der Waals surface area contributed by atoms with E-state index in [1.54, 1.807) is 6.20 Å². The van der Waals surface area contributed by atoms with Crippen LogP contribution in [0.25, 0.3) is 0 Å². The average molecular weight is 300 g/mol. The number of carbonyl (C=O) groups excluding carboxylic acids is 1. The van der Waals surface area contributed by atoms with Crippen LogP contribution in [0.1, 0.15) is 46.9 Å². The summed E-state index contributed by atoms with van der Waals surface area (Å²) in [5.74, 6) is 0. The highest BCUT2D eigenvalue weighted by atomic mass is 32.2. The summed E-state index contributed by atoms with van der Waals surface area (Å²) in [5.41, 5.74) is 9.96. The van der Waals surface area contributed by atoms with E-state index in [1.165, 1.54) is 11.8 Å². The molecule has 0 bridgehead atoms. The van der Waals surface area contributed by atoms with Gasteiger partial charge in [-0.15, -0.1) is 0 Å². The Balaban J connectivity index is 2.29. The Bertz CT molecular complexity index is 636. The van der Waals surface area contributed by atoms with Gasteiger partial charge in [-0.25, -0.2) is 4.98 Å². The molecule has 2 N–H and O–H groups in total. The molecular formula is C17H20N2OS. The van der Waals surface area contributed by atoms with Gasteiger partial charge in [-0.1, -0.05) is 36.8 Å². The van der Waals surface area contributed by atoms with Crippen LogP contribution in [0.4, 0.5) is 0 Å². The lowest BCUT2D eigenvalue weighted by molar-refractivity contribution is 0.108. The van der Waals surface area contributed by atoms with Crippen LogP contribution >= 0.6 is 11.8 Å². The highest BCUT2D eigenvalue weighted by molar-refractivity contribution is 8.14. The van der Waals surface area contributed by atoms with Gasteiger partial charge in [0.2, 0.25) is 5.12 Å². The zero-order valence-corrected chi connectivity index (χ0v) is 13.4. The minimum Gasteiger partial charge on any atom is -0.324 e. The van der Waals surface area contributed by atoms with Crippen LogP contribution in [-0.2, 0) is 6.42 Å². The third-order valence-corrected chi connectivity index (χ3v) is 4.34. The second kappa shape index (κ2) is 6.87. The maximum Gasteiger partial charge on any atom is 0.225 e. The number of rotatable bonds is 4. The number of hydrogen-bond acceptors (Lipinski definition) is 4. The van der Waals surface area contributed by atoms with E-state index in [0.717, 1.165) is 28.1 Å². The van der Waals surface area contributed by atoms with Gasteiger partial charge in [-0.05, 0) is 49.2 Å². The molecule has 0 saturated heterocycles. The molecule has 0 amide bonds. The maximum absolute atomic E-state index is 12.4. The summed E-state index contributed by atoms with van der Waals surface area (Å²) in [7, 11) is 0. The fraction of sp³-hybridized carbons (Fsp3) is 0.294. The first-order chi connectivity index (χ1) is 10.0. The molecular weight excluding hydrogens is 280 g/mol. The van der Waals surface area contributed by atoms with E-state index >= 15 is 0 Å². The number of thioether (sulfide) groups is 1. The summed E-state index contributed by atoms with van der Waals surface area (Å²) in [6, 6.07) is 9.47. The van der Waals surface area contributed by atoms with Crippen molar-refractivity contribution < 1.29 is 4.79 Å². The number of aromatic nitrogens is 1. The van der Waals surface area contributed by atoms with Gasteiger partial charge < -0.3 is 5.73 Å². The molecule has 0 saturated carbocycles. The SMILES string of the molecule is CCc1c(C(C)N)ccnc1SC(=O)c1ccc(C)cc1.